The molecule has 0 N–H and O–H groups in total. The molecule has 3 nitrogen and oxygen atoms in total. The van der Waals surface area contributed by atoms with E-state index in [1.165, 1.54) is 19.3 Å². The van der Waals surface area contributed by atoms with Crippen molar-refractivity contribution in [2.24, 2.45) is 5.41 Å². The second-order valence-corrected chi connectivity index (χ2v) is 6.16. The first-order valence-electron chi connectivity index (χ1n) is 6.52. The Morgan fingerprint density at radius 3 is 2.00 bits per heavy atom. The van der Waals surface area contributed by atoms with Crippen molar-refractivity contribution in [2.75, 3.05) is 26.2 Å². The van der Waals surface area contributed by atoms with Gasteiger partial charge in [0.15, 0.2) is 0 Å². The highest BCUT2D eigenvalue weighted by Gasteiger charge is 2.32. The third-order valence-corrected chi connectivity index (χ3v) is 3.83. The summed E-state index contributed by atoms with van der Waals surface area (Å²) < 4.78 is 0. The maximum Gasteiger partial charge on any atom is 0.228 e. The predicted molar refractivity (Wildman–Crippen MR) is 65.2 cm³/mol. The van der Waals surface area contributed by atoms with Gasteiger partial charge in [-0.2, -0.15) is 0 Å². The Balaban J connectivity index is 1.82. The molecular weight excluding hydrogens is 200 g/mol. The van der Waals surface area contributed by atoms with Crippen LogP contribution >= 0.6 is 0 Å². The van der Waals surface area contributed by atoms with Crippen LogP contribution in [0.4, 0.5) is 0 Å². The van der Waals surface area contributed by atoms with Crippen LogP contribution in [-0.4, -0.2) is 47.9 Å². The standard InChI is InChI=1S/C13H24N2O/c1-13(2,3)12(16)15-9-7-14(8-10-15)11-5-4-6-11/h11H,4-10H2,1-3H3. The van der Waals surface area contributed by atoms with Crippen molar-refractivity contribution in [2.45, 2.75) is 46.1 Å². The molecule has 0 aromatic rings. The van der Waals surface area contributed by atoms with Crippen LogP contribution in [0.1, 0.15) is 40.0 Å². The summed E-state index contributed by atoms with van der Waals surface area (Å²) in [6.45, 7) is 10.0. The van der Waals surface area contributed by atoms with Crippen LogP contribution in [0.3, 0.4) is 0 Å². The van der Waals surface area contributed by atoms with Crippen LogP contribution in [0.15, 0.2) is 0 Å². The van der Waals surface area contributed by atoms with Gasteiger partial charge in [-0.05, 0) is 12.8 Å². The van der Waals surface area contributed by atoms with Gasteiger partial charge < -0.3 is 4.90 Å². The first-order valence-corrected chi connectivity index (χ1v) is 6.52. The van der Waals surface area contributed by atoms with Gasteiger partial charge in [0.1, 0.15) is 0 Å². The van der Waals surface area contributed by atoms with E-state index >= 15 is 0 Å². The highest BCUT2D eigenvalue weighted by atomic mass is 16.2. The summed E-state index contributed by atoms with van der Waals surface area (Å²) in [5.74, 6) is 0.306. The molecule has 3 heteroatoms. The Hall–Kier alpha value is -0.570. The van der Waals surface area contributed by atoms with Gasteiger partial charge in [0, 0.05) is 37.6 Å². The number of nitrogens with zero attached hydrogens (tertiary/aromatic N) is 2. The summed E-state index contributed by atoms with van der Waals surface area (Å²) in [5, 5.41) is 0. The molecule has 0 spiro atoms. The van der Waals surface area contributed by atoms with Crippen molar-refractivity contribution in [3.05, 3.63) is 0 Å². The highest BCUT2D eigenvalue weighted by Crippen LogP contribution is 2.26. The third-order valence-electron chi connectivity index (χ3n) is 3.83. The monoisotopic (exact) mass is 224 g/mol. The molecule has 0 aromatic heterocycles. The zero-order valence-electron chi connectivity index (χ0n) is 10.8. The number of hydrogen-bond donors (Lipinski definition) is 0. The zero-order chi connectivity index (χ0) is 11.8. The molecule has 2 aliphatic rings. The van der Waals surface area contributed by atoms with Crippen molar-refractivity contribution in [3.63, 3.8) is 0 Å². The molecule has 1 saturated carbocycles. The maximum atomic E-state index is 12.1. The molecular formula is C13H24N2O. The number of rotatable bonds is 1. The van der Waals surface area contributed by atoms with E-state index in [4.69, 9.17) is 0 Å². The lowest BCUT2D eigenvalue weighted by atomic mass is 9.90. The third kappa shape index (κ3) is 2.40. The SMILES string of the molecule is CC(C)(C)C(=O)N1CCN(C2CCC2)CC1. The fourth-order valence-electron chi connectivity index (χ4n) is 2.52. The second kappa shape index (κ2) is 4.36. The van der Waals surface area contributed by atoms with E-state index in [1.54, 1.807) is 0 Å². The van der Waals surface area contributed by atoms with Gasteiger partial charge in [0.2, 0.25) is 5.91 Å². The summed E-state index contributed by atoms with van der Waals surface area (Å²) in [5.41, 5.74) is -0.224. The summed E-state index contributed by atoms with van der Waals surface area (Å²) in [6.07, 6.45) is 4.13. The molecule has 1 aliphatic carbocycles. The van der Waals surface area contributed by atoms with Crippen LogP contribution in [0, 0.1) is 5.41 Å². The van der Waals surface area contributed by atoms with Crippen molar-refractivity contribution in [1.82, 2.24) is 9.80 Å². The average molecular weight is 224 g/mol. The van der Waals surface area contributed by atoms with Crippen molar-refractivity contribution in [3.8, 4) is 0 Å². The van der Waals surface area contributed by atoms with Crippen molar-refractivity contribution >= 4 is 5.91 Å². The molecule has 1 aliphatic heterocycles. The Morgan fingerprint density at radius 1 is 1.06 bits per heavy atom. The minimum Gasteiger partial charge on any atom is -0.340 e. The molecule has 2 fully saturated rings. The lowest BCUT2D eigenvalue weighted by molar-refractivity contribution is -0.141. The molecule has 0 bridgehead atoms. The molecule has 1 heterocycles. The van der Waals surface area contributed by atoms with E-state index in [0.717, 1.165) is 32.2 Å². The molecule has 0 radical (unpaired) electrons. The minimum atomic E-state index is -0.224. The van der Waals surface area contributed by atoms with Gasteiger partial charge in [0.05, 0.1) is 0 Å². The van der Waals surface area contributed by atoms with Gasteiger partial charge in [-0.15, -0.1) is 0 Å². The highest BCUT2D eigenvalue weighted by molar-refractivity contribution is 5.81. The topological polar surface area (TPSA) is 23.6 Å². The van der Waals surface area contributed by atoms with Gasteiger partial charge in [0.25, 0.3) is 0 Å². The number of amides is 1. The molecule has 0 atom stereocenters. The van der Waals surface area contributed by atoms with Crippen LogP contribution < -0.4 is 0 Å². The van der Waals surface area contributed by atoms with Gasteiger partial charge in [-0.25, -0.2) is 0 Å². The maximum absolute atomic E-state index is 12.1. The molecule has 0 unspecified atom stereocenters. The molecule has 92 valence electrons. The molecule has 1 amide bonds. The first-order chi connectivity index (χ1) is 7.48. The number of carbonyl (C=O) groups is 1. The molecule has 16 heavy (non-hydrogen) atoms. The van der Waals surface area contributed by atoms with Crippen LogP contribution in [0.5, 0.6) is 0 Å². The van der Waals surface area contributed by atoms with E-state index in [2.05, 4.69) is 4.90 Å². The van der Waals surface area contributed by atoms with Gasteiger partial charge in [-0.3, -0.25) is 9.69 Å². The fourth-order valence-corrected chi connectivity index (χ4v) is 2.52. The van der Waals surface area contributed by atoms with E-state index in [1.807, 2.05) is 25.7 Å². The summed E-state index contributed by atoms with van der Waals surface area (Å²) in [7, 11) is 0. The lowest BCUT2D eigenvalue weighted by Gasteiger charge is -2.44. The van der Waals surface area contributed by atoms with Crippen molar-refractivity contribution in [1.29, 1.82) is 0 Å². The van der Waals surface area contributed by atoms with E-state index < -0.39 is 0 Å². The number of carbonyl (C=O) groups excluding carboxylic acids is 1. The van der Waals surface area contributed by atoms with E-state index in [0.29, 0.717) is 5.91 Å². The Kier molecular flexibility index (Phi) is 3.24. The van der Waals surface area contributed by atoms with Crippen LogP contribution in [0.2, 0.25) is 0 Å². The molecule has 2 rings (SSSR count). The van der Waals surface area contributed by atoms with E-state index in [-0.39, 0.29) is 5.41 Å². The number of hydrogen-bond acceptors (Lipinski definition) is 2. The van der Waals surface area contributed by atoms with E-state index in [9.17, 15) is 4.79 Å². The molecule has 1 saturated heterocycles. The largest absolute Gasteiger partial charge is 0.340 e. The minimum absolute atomic E-state index is 0.224. The molecule has 0 aromatic carbocycles. The van der Waals surface area contributed by atoms with Crippen molar-refractivity contribution < 1.29 is 4.79 Å². The van der Waals surface area contributed by atoms with Crippen LogP contribution in [-0.2, 0) is 4.79 Å². The average Bonchev–Trinajstić information content (AvgIpc) is 2.14. The van der Waals surface area contributed by atoms with Crippen LogP contribution in [0.25, 0.3) is 0 Å². The summed E-state index contributed by atoms with van der Waals surface area (Å²) >= 11 is 0. The Bertz CT molecular complexity index is 258. The second-order valence-electron chi connectivity index (χ2n) is 6.16. The quantitative estimate of drug-likeness (QED) is 0.677. The smallest absolute Gasteiger partial charge is 0.228 e. The fraction of sp³-hybridized carbons (Fsp3) is 0.923. The first kappa shape index (κ1) is 11.9. The zero-order valence-corrected chi connectivity index (χ0v) is 10.8. The Morgan fingerprint density at radius 2 is 1.62 bits per heavy atom. The lowest BCUT2D eigenvalue weighted by Crippen LogP contribution is -2.55. The summed E-state index contributed by atoms with van der Waals surface area (Å²) in [6, 6.07) is 0.826. The normalized spacial score (nSPS) is 24.3. The van der Waals surface area contributed by atoms with Gasteiger partial charge >= 0.3 is 0 Å². The number of piperazine rings is 1. The van der Waals surface area contributed by atoms with Gasteiger partial charge in [-0.1, -0.05) is 27.2 Å². The predicted octanol–water partition coefficient (Wildman–Crippen LogP) is 1.73. The summed E-state index contributed by atoms with van der Waals surface area (Å²) in [4.78, 5) is 16.7. The Labute approximate surface area is 98.8 Å².